The predicted molar refractivity (Wildman–Crippen MR) is 277 cm³/mol. The van der Waals surface area contributed by atoms with Gasteiger partial charge in [0.1, 0.15) is 152 Å². The molecule has 0 aromatic carbocycles. The molecule has 0 aromatic heterocycles. The lowest BCUT2D eigenvalue weighted by Gasteiger charge is -2.50. The van der Waals surface area contributed by atoms with E-state index >= 15 is 0 Å². The number of methoxy groups -OCH3 is 1. The smallest absolute Gasteiger partial charge is 0.217 e. The van der Waals surface area contributed by atoms with Crippen molar-refractivity contribution in [2.45, 2.75) is 243 Å². The summed E-state index contributed by atoms with van der Waals surface area (Å²) >= 11 is 0. The molecule has 38 heteroatoms. The first-order valence-corrected chi connectivity index (χ1v) is 28.3. The molecule has 20 unspecified atom stereocenters. The third-order valence-corrected chi connectivity index (χ3v) is 15.8. The molecule has 6 fully saturated rings. The van der Waals surface area contributed by atoms with Crippen LogP contribution in [-0.2, 0) is 76.0 Å². The minimum Gasteiger partial charge on any atom is -0.396 e. The fourth-order valence-corrected chi connectivity index (χ4v) is 11.1. The lowest BCUT2D eigenvalue weighted by atomic mass is 9.92. The number of aliphatic hydroxyl groups is 19. The summed E-state index contributed by atoms with van der Waals surface area (Å²) in [4.78, 5) is 37.5. The number of ether oxygens (including phenoxy) is 13. The van der Waals surface area contributed by atoms with Crippen LogP contribution in [0.15, 0.2) is 0 Å². The number of nitrogens with one attached hydrogen (secondary N) is 3. The van der Waals surface area contributed by atoms with E-state index in [0.29, 0.717) is 0 Å². The minimum atomic E-state index is -2.31. The summed E-state index contributed by atoms with van der Waals surface area (Å²) in [5.74, 6) is -2.27. The highest BCUT2D eigenvalue weighted by molar-refractivity contribution is 5.74. The molecular weight excluding hydrogens is 1200 g/mol. The third-order valence-electron chi connectivity index (χ3n) is 15.8. The summed E-state index contributed by atoms with van der Waals surface area (Å²) in [5.41, 5.74) is 0. The van der Waals surface area contributed by atoms with Gasteiger partial charge < -0.3 is 175 Å². The zero-order valence-corrected chi connectivity index (χ0v) is 48.3. The maximum atomic E-state index is 12.7. The Hall–Kier alpha value is -2.87. The van der Waals surface area contributed by atoms with Crippen LogP contribution in [0.25, 0.3) is 0 Å². The van der Waals surface area contributed by atoms with E-state index in [9.17, 15) is 111 Å². The monoisotopic (exact) mass is 1290 g/mol. The van der Waals surface area contributed by atoms with E-state index in [1.807, 2.05) is 0 Å². The number of carbonyl (C=O) groups is 3. The maximum Gasteiger partial charge on any atom is 0.217 e. The van der Waals surface area contributed by atoms with Gasteiger partial charge in [-0.1, -0.05) is 0 Å². The van der Waals surface area contributed by atoms with E-state index in [2.05, 4.69) is 16.0 Å². The molecule has 6 aliphatic heterocycles. The molecule has 6 heterocycles. The molecule has 512 valence electrons. The van der Waals surface area contributed by atoms with Crippen LogP contribution in [0.4, 0.5) is 0 Å². The first-order chi connectivity index (χ1) is 41.6. The van der Waals surface area contributed by atoms with Gasteiger partial charge in [-0.2, -0.15) is 0 Å². The summed E-state index contributed by atoms with van der Waals surface area (Å²) in [6, 6.07) is -4.66. The summed E-state index contributed by atoms with van der Waals surface area (Å²) in [6.07, 6.45) is -59.4. The van der Waals surface area contributed by atoms with Crippen LogP contribution in [0.1, 0.15) is 34.1 Å². The van der Waals surface area contributed by atoms with Crippen LogP contribution in [0.3, 0.4) is 0 Å². The van der Waals surface area contributed by atoms with Gasteiger partial charge in [-0.3, -0.25) is 14.4 Å². The number of hydrogen-bond donors (Lipinski definition) is 22. The summed E-state index contributed by atoms with van der Waals surface area (Å²) in [5, 5.41) is 214. The van der Waals surface area contributed by atoms with Crippen molar-refractivity contribution in [3.05, 3.63) is 0 Å². The average molecular weight is 1290 g/mol. The second kappa shape index (κ2) is 33.3. The lowest BCUT2D eigenvalue weighted by molar-refractivity contribution is -0.383. The molecule has 6 saturated heterocycles. The normalized spacial score (nSPS) is 44.7. The minimum absolute atomic E-state index is 0.468. The van der Waals surface area contributed by atoms with Crippen LogP contribution >= 0.6 is 0 Å². The highest BCUT2D eigenvalue weighted by Crippen LogP contribution is 2.37. The lowest BCUT2D eigenvalue weighted by Crippen LogP contribution is -2.70. The Balaban J connectivity index is 1.31. The van der Waals surface area contributed by atoms with E-state index in [-0.39, 0.29) is 0 Å². The molecule has 88 heavy (non-hydrogen) atoms. The second-order valence-electron chi connectivity index (χ2n) is 22.1. The van der Waals surface area contributed by atoms with Crippen LogP contribution < -0.4 is 16.0 Å². The summed E-state index contributed by atoms with van der Waals surface area (Å²) in [6.45, 7) is -1.79. The van der Waals surface area contributed by atoms with E-state index < -0.39 is 279 Å². The van der Waals surface area contributed by atoms with Gasteiger partial charge in [-0.05, 0) is 13.3 Å². The largest absolute Gasteiger partial charge is 0.396 e. The molecule has 3 amide bonds. The number of amides is 3. The molecule has 0 aromatic rings. The van der Waals surface area contributed by atoms with Crippen molar-refractivity contribution in [3.63, 3.8) is 0 Å². The average Bonchev–Trinajstić information content (AvgIpc) is 1.64. The molecule has 38 nitrogen and oxygen atoms in total. The first kappa shape index (κ1) is 74.2. The van der Waals surface area contributed by atoms with Gasteiger partial charge in [0.25, 0.3) is 0 Å². The van der Waals surface area contributed by atoms with Gasteiger partial charge >= 0.3 is 0 Å². The number of rotatable bonds is 27. The SMILES string of the molecule is CO[C@H](OC1C(O)[C@H](O[C@@H]2C(CO)O[C@@H](O[C@@H]3C(CO)O[C@@H](C)C(NC(C)=O)C3O)C(NC(C)=O)C2O)OC(CO[C@H]2OC(CO)[C@@H](O)C(O)C2O[C@@H]2OC(CO)[C@@H](O[C@@H]3OC(CO)[C@H](O)C(O)C3O)C(O)C2NC(C)=O)[C@H]1O)C(O)C(O)[C@H](O)CCO. The molecule has 22 N–H and O–H groups in total. The standard InChI is InChI=1S/C50H87N3O35/c1-14-25(51-15(2)60)32(68)40(21(10-57)78-14)84-45-26(52-16(3)61)33(69)42(23(12-59)81-45)86-49-39(75)43(87-47(76-5)37(73)28(64)18(63)6-7-54)31(67)24(83-49)13-77-50-44(36(72)30(66)20(9-56)80-50)88-46-27(53-17(4)62)34(70)41(22(11-58)82-46)85-48-38(74)35(71)29(65)19(8-55)79-48/h14,18-50,54-59,63-75H,6-13H2,1-5H3,(H,51,60)(H,52,61)(H,53,62)/t14-,18+,19?,20?,21?,22?,23?,24?,25?,26?,27?,28?,29-,30+,31+,32?,33?,34?,35?,36?,37?,38?,39?,40+,41+,42+,43?,44?,45-,46-,47+,48-,49-,50-/m0/s1. The van der Waals surface area contributed by atoms with Crippen molar-refractivity contribution in [2.75, 3.05) is 53.4 Å². The highest BCUT2D eigenvalue weighted by Gasteiger charge is 2.58. The van der Waals surface area contributed by atoms with Gasteiger partial charge in [-0.25, -0.2) is 0 Å². The van der Waals surface area contributed by atoms with Crippen molar-refractivity contribution in [2.24, 2.45) is 0 Å². The number of hydrogen-bond acceptors (Lipinski definition) is 35. The molecule has 34 atom stereocenters. The number of carbonyl (C=O) groups excluding carboxylic acids is 3. The Morgan fingerprint density at radius 2 is 0.818 bits per heavy atom. The van der Waals surface area contributed by atoms with Crippen LogP contribution in [0.2, 0.25) is 0 Å². The van der Waals surface area contributed by atoms with Crippen molar-refractivity contribution in [1.82, 2.24) is 16.0 Å². The molecule has 0 saturated carbocycles. The van der Waals surface area contributed by atoms with Crippen molar-refractivity contribution >= 4 is 17.7 Å². The van der Waals surface area contributed by atoms with Gasteiger partial charge in [-0.15, -0.1) is 0 Å². The second-order valence-corrected chi connectivity index (χ2v) is 22.1. The quantitative estimate of drug-likeness (QED) is 0.0340. The predicted octanol–water partition coefficient (Wildman–Crippen LogP) is -14.1. The molecule has 0 aliphatic carbocycles. The van der Waals surface area contributed by atoms with Crippen LogP contribution in [0, 0.1) is 0 Å². The fourth-order valence-electron chi connectivity index (χ4n) is 11.1. The van der Waals surface area contributed by atoms with Crippen LogP contribution in [-0.4, -0.2) is 377 Å². The molecule has 0 radical (unpaired) electrons. The molecule has 6 rings (SSSR count). The molecule has 6 aliphatic rings. The Bertz CT molecular complexity index is 2150. The van der Waals surface area contributed by atoms with Crippen molar-refractivity contribution in [1.29, 1.82) is 0 Å². The zero-order chi connectivity index (χ0) is 65.3. The fraction of sp³-hybridized carbons (Fsp3) is 0.940. The summed E-state index contributed by atoms with van der Waals surface area (Å²) < 4.78 is 76.1. The Kier molecular flexibility index (Phi) is 28.1. The van der Waals surface area contributed by atoms with Gasteiger partial charge in [0.15, 0.2) is 37.7 Å². The molecule has 0 bridgehead atoms. The van der Waals surface area contributed by atoms with Gasteiger partial charge in [0, 0.05) is 34.5 Å². The summed E-state index contributed by atoms with van der Waals surface area (Å²) in [7, 11) is 0.940. The van der Waals surface area contributed by atoms with E-state index in [0.717, 1.165) is 21.0 Å². The van der Waals surface area contributed by atoms with Crippen LogP contribution in [0.5, 0.6) is 0 Å². The highest BCUT2D eigenvalue weighted by atomic mass is 16.8. The van der Waals surface area contributed by atoms with Crippen molar-refractivity contribution < 1.29 is 173 Å². The first-order valence-electron chi connectivity index (χ1n) is 28.3. The molecule has 0 spiro atoms. The van der Waals surface area contributed by atoms with E-state index in [4.69, 9.17) is 61.6 Å². The van der Waals surface area contributed by atoms with E-state index in [1.54, 1.807) is 0 Å². The maximum absolute atomic E-state index is 12.7. The topological polar surface area (TPSA) is 592 Å². The third kappa shape index (κ3) is 17.1. The zero-order valence-electron chi connectivity index (χ0n) is 48.3. The van der Waals surface area contributed by atoms with Gasteiger partial charge in [0.2, 0.25) is 17.7 Å². The number of aliphatic hydroxyl groups excluding tert-OH is 19. The van der Waals surface area contributed by atoms with Gasteiger partial charge in [0.05, 0.1) is 57.9 Å². The van der Waals surface area contributed by atoms with E-state index in [1.165, 1.54) is 13.8 Å². The van der Waals surface area contributed by atoms with Crippen molar-refractivity contribution in [3.8, 4) is 0 Å². The Morgan fingerprint density at radius 1 is 0.420 bits per heavy atom. The Labute approximate surface area is 501 Å². The Morgan fingerprint density at radius 3 is 1.28 bits per heavy atom. The molecular formula is C50H87N3O35.